The maximum Gasteiger partial charge on any atom is 0.313 e. The molecule has 0 aromatic heterocycles. The van der Waals surface area contributed by atoms with Gasteiger partial charge in [0.2, 0.25) is 0 Å². The van der Waals surface area contributed by atoms with Crippen molar-refractivity contribution in [1.29, 1.82) is 0 Å². The van der Waals surface area contributed by atoms with Gasteiger partial charge < -0.3 is 15.3 Å². The molecule has 2 amide bonds. The van der Waals surface area contributed by atoms with Crippen molar-refractivity contribution < 1.29 is 14.7 Å². The first kappa shape index (κ1) is 18.5. The van der Waals surface area contributed by atoms with E-state index >= 15 is 0 Å². The summed E-state index contributed by atoms with van der Waals surface area (Å²) in [5.41, 5.74) is 2.84. The Kier molecular flexibility index (Phi) is 5.99. The van der Waals surface area contributed by atoms with Crippen LogP contribution in [0.15, 0.2) is 18.2 Å². The molecule has 1 saturated heterocycles. The van der Waals surface area contributed by atoms with E-state index < -0.39 is 11.8 Å². The van der Waals surface area contributed by atoms with Crippen LogP contribution in [0.25, 0.3) is 0 Å². The number of hydrogen-bond acceptors (Lipinski definition) is 3. The zero-order valence-electron chi connectivity index (χ0n) is 15.0. The number of aliphatic hydroxyl groups is 1. The number of rotatable bonds is 3. The summed E-state index contributed by atoms with van der Waals surface area (Å²) in [6.07, 6.45) is 0.684. The summed E-state index contributed by atoms with van der Waals surface area (Å²) in [4.78, 5) is 26.4. The van der Waals surface area contributed by atoms with Crippen LogP contribution in [0.1, 0.15) is 63.5 Å². The molecular formula is C19H28N2O3. The smallest absolute Gasteiger partial charge is 0.313 e. The Morgan fingerprint density at radius 3 is 2.04 bits per heavy atom. The first-order valence-corrected chi connectivity index (χ1v) is 8.72. The molecule has 0 spiro atoms. The molecule has 2 rings (SSSR count). The summed E-state index contributed by atoms with van der Waals surface area (Å²) in [6, 6.07) is 5.98. The van der Waals surface area contributed by atoms with Gasteiger partial charge in [-0.25, -0.2) is 0 Å². The Morgan fingerprint density at radius 2 is 1.58 bits per heavy atom. The molecular weight excluding hydrogens is 304 g/mol. The molecule has 132 valence electrons. The average Bonchev–Trinajstić information content (AvgIpc) is 2.54. The number of carbonyl (C=O) groups excluding carboxylic acids is 2. The van der Waals surface area contributed by atoms with Gasteiger partial charge >= 0.3 is 11.8 Å². The first-order chi connectivity index (χ1) is 11.3. The fourth-order valence-corrected chi connectivity index (χ4v) is 3.07. The minimum absolute atomic E-state index is 0.249. The van der Waals surface area contributed by atoms with Crippen molar-refractivity contribution in [2.45, 2.75) is 58.5 Å². The Balaban J connectivity index is 2.20. The number of nitrogens with zero attached hydrogens (tertiary/aromatic N) is 1. The zero-order chi connectivity index (χ0) is 17.9. The van der Waals surface area contributed by atoms with Crippen LogP contribution in [0.5, 0.6) is 0 Å². The van der Waals surface area contributed by atoms with Crippen LogP contribution in [0.2, 0.25) is 0 Å². The molecule has 5 nitrogen and oxygen atoms in total. The predicted octanol–water partition coefficient (Wildman–Crippen LogP) is 2.86. The van der Waals surface area contributed by atoms with Crippen LogP contribution >= 0.6 is 0 Å². The standard InChI is InChI=1S/C19H28N2O3/c1-12(2)15-6-5-7-16(13(3)4)17(15)20-18(23)19(24)21-10-8-14(22)9-11-21/h5-7,12-14,22H,8-11H2,1-4H3,(H,20,23). The monoisotopic (exact) mass is 332 g/mol. The van der Waals surface area contributed by atoms with E-state index in [9.17, 15) is 14.7 Å². The minimum Gasteiger partial charge on any atom is -0.393 e. The molecule has 0 saturated carbocycles. The van der Waals surface area contributed by atoms with Gasteiger partial charge in [-0.1, -0.05) is 45.9 Å². The van der Waals surface area contributed by atoms with E-state index in [4.69, 9.17) is 0 Å². The minimum atomic E-state index is -0.596. The molecule has 5 heteroatoms. The molecule has 1 aliphatic heterocycles. The lowest BCUT2D eigenvalue weighted by atomic mass is 9.92. The number of nitrogens with one attached hydrogen (secondary N) is 1. The Labute approximate surface area is 144 Å². The largest absolute Gasteiger partial charge is 0.393 e. The summed E-state index contributed by atoms with van der Waals surface area (Å²) in [5.74, 6) is -0.616. The number of piperidine rings is 1. The SMILES string of the molecule is CC(C)c1cccc(C(C)C)c1NC(=O)C(=O)N1CCC(O)CC1. The second-order valence-electron chi connectivity index (χ2n) is 7.10. The quantitative estimate of drug-likeness (QED) is 0.836. The molecule has 1 heterocycles. The number of anilines is 1. The molecule has 24 heavy (non-hydrogen) atoms. The first-order valence-electron chi connectivity index (χ1n) is 8.72. The van der Waals surface area contributed by atoms with E-state index in [0.717, 1.165) is 16.8 Å². The fourth-order valence-electron chi connectivity index (χ4n) is 3.07. The number of hydrogen-bond donors (Lipinski definition) is 2. The van der Waals surface area contributed by atoms with Gasteiger partial charge in [0.05, 0.1) is 6.10 Å². The molecule has 0 atom stereocenters. The lowest BCUT2D eigenvalue weighted by Gasteiger charge is -2.29. The molecule has 1 aromatic rings. The van der Waals surface area contributed by atoms with Crippen molar-refractivity contribution in [1.82, 2.24) is 4.90 Å². The van der Waals surface area contributed by atoms with Crippen LogP contribution in [0.4, 0.5) is 5.69 Å². The van der Waals surface area contributed by atoms with Crippen molar-refractivity contribution in [3.8, 4) is 0 Å². The number of para-hydroxylation sites is 1. The molecule has 2 N–H and O–H groups in total. The number of benzene rings is 1. The Bertz CT molecular complexity index is 576. The molecule has 1 fully saturated rings. The Morgan fingerprint density at radius 1 is 1.08 bits per heavy atom. The van der Waals surface area contributed by atoms with Crippen molar-refractivity contribution in [2.75, 3.05) is 18.4 Å². The summed E-state index contributed by atoms with van der Waals surface area (Å²) in [5, 5.41) is 12.4. The van der Waals surface area contributed by atoms with Crippen LogP contribution in [0, 0.1) is 0 Å². The van der Waals surface area contributed by atoms with Gasteiger partial charge in [0.25, 0.3) is 0 Å². The number of carbonyl (C=O) groups is 2. The highest BCUT2D eigenvalue weighted by Gasteiger charge is 2.27. The van der Waals surface area contributed by atoms with Crippen LogP contribution in [0.3, 0.4) is 0 Å². The summed E-state index contributed by atoms with van der Waals surface area (Å²) >= 11 is 0. The second kappa shape index (κ2) is 7.79. The second-order valence-corrected chi connectivity index (χ2v) is 7.10. The van der Waals surface area contributed by atoms with Crippen LogP contribution < -0.4 is 5.32 Å². The van der Waals surface area contributed by atoms with E-state index in [-0.39, 0.29) is 17.9 Å². The predicted molar refractivity (Wildman–Crippen MR) is 95.1 cm³/mol. The highest BCUT2D eigenvalue weighted by Crippen LogP contribution is 2.32. The molecule has 0 aliphatic carbocycles. The van der Waals surface area contributed by atoms with Crippen molar-refractivity contribution in [3.05, 3.63) is 29.3 Å². The van der Waals surface area contributed by atoms with Gasteiger partial charge in [-0.2, -0.15) is 0 Å². The zero-order valence-corrected chi connectivity index (χ0v) is 15.0. The lowest BCUT2D eigenvalue weighted by Crippen LogP contribution is -2.45. The van der Waals surface area contributed by atoms with E-state index in [2.05, 4.69) is 33.0 Å². The molecule has 1 aliphatic rings. The van der Waals surface area contributed by atoms with E-state index in [1.54, 1.807) is 0 Å². The van der Waals surface area contributed by atoms with Gasteiger partial charge in [-0.05, 0) is 35.8 Å². The Hall–Kier alpha value is -1.88. The highest BCUT2D eigenvalue weighted by atomic mass is 16.3. The van der Waals surface area contributed by atoms with E-state index in [1.807, 2.05) is 18.2 Å². The molecule has 0 radical (unpaired) electrons. The topological polar surface area (TPSA) is 69.6 Å². The number of amides is 2. The maximum atomic E-state index is 12.5. The summed E-state index contributed by atoms with van der Waals surface area (Å²) in [7, 11) is 0. The third-order valence-corrected chi connectivity index (χ3v) is 4.56. The van der Waals surface area contributed by atoms with Crippen molar-refractivity contribution in [3.63, 3.8) is 0 Å². The van der Waals surface area contributed by atoms with Crippen molar-refractivity contribution in [2.24, 2.45) is 0 Å². The van der Waals surface area contributed by atoms with Crippen LogP contribution in [-0.2, 0) is 9.59 Å². The number of likely N-dealkylation sites (tertiary alicyclic amines) is 1. The molecule has 1 aromatic carbocycles. The summed E-state index contributed by atoms with van der Waals surface area (Å²) < 4.78 is 0. The average molecular weight is 332 g/mol. The molecule has 0 bridgehead atoms. The van der Waals surface area contributed by atoms with E-state index in [1.165, 1.54) is 4.90 Å². The highest BCUT2D eigenvalue weighted by molar-refractivity contribution is 6.39. The van der Waals surface area contributed by atoms with Gasteiger partial charge in [-0.15, -0.1) is 0 Å². The van der Waals surface area contributed by atoms with Crippen LogP contribution in [-0.4, -0.2) is 41.0 Å². The van der Waals surface area contributed by atoms with Gasteiger partial charge in [0, 0.05) is 18.8 Å². The summed E-state index contributed by atoms with van der Waals surface area (Å²) in [6.45, 7) is 9.14. The van der Waals surface area contributed by atoms with Gasteiger partial charge in [0.15, 0.2) is 0 Å². The van der Waals surface area contributed by atoms with Gasteiger partial charge in [-0.3, -0.25) is 9.59 Å². The molecule has 0 unspecified atom stereocenters. The maximum absolute atomic E-state index is 12.5. The van der Waals surface area contributed by atoms with Gasteiger partial charge in [0.1, 0.15) is 0 Å². The fraction of sp³-hybridized carbons (Fsp3) is 0.579. The third kappa shape index (κ3) is 4.15. The van der Waals surface area contributed by atoms with E-state index in [0.29, 0.717) is 25.9 Å². The lowest BCUT2D eigenvalue weighted by molar-refractivity contribution is -0.144. The number of aliphatic hydroxyl groups excluding tert-OH is 1. The van der Waals surface area contributed by atoms with Crippen molar-refractivity contribution >= 4 is 17.5 Å². The normalized spacial score (nSPS) is 15.9. The third-order valence-electron chi connectivity index (χ3n) is 4.56.